The minimum absolute atomic E-state index is 0.131. The van der Waals surface area contributed by atoms with Crippen molar-refractivity contribution in [2.45, 2.75) is 58.8 Å². The van der Waals surface area contributed by atoms with Gasteiger partial charge in [0.05, 0.1) is 12.3 Å². The van der Waals surface area contributed by atoms with Gasteiger partial charge >= 0.3 is 0 Å². The number of ether oxygens (including phenoxy) is 1. The molecule has 0 saturated heterocycles. The number of hydrogen-bond acceptors (Lipinski definition) is 3. The molecule has 2 aromatic rings. The number of carbonyl (C=O) groups excluding carboxylic acids is 1. The molecule has 1 aliphatic rings. The number of hydrogen-bond donors (Lipinski definition) is 1. The molecule has 0 aliphatic heterocycles. The van der Waals surface area contributed by atoms with Gasteiger partial charge in [0.1, 0.15) is 11.3 Å². The number of benzene rings is 1. The lowest BCUT2D eigenvalue weighted by Crippen LogP contribution is -2.27. The van der Waals surface area contributed by atoms with Crippen molar-refractivity contribution in [3.05, 3.63) is 30.5 Å². The molecule has 1 heterocycles. The Morgan fingerprint density at radius 3 is 2.73 bits per heavy atom. The van der Waals surface area contributed by atoms with Gasteiger partial charge in [-0.05, 0) is 62.8 Å². The van der Waals surface area contributed by atoms with Gasteiger partial charge in [0.15, 0.2) is 0 Å². The number of unbranched alkanes of at least 4 members (excludes halogenated alkanes) is 1. The van der Waals surface area contributed by atoms with E-state index in [0.717, 1.165) is 41.1 Å². The van der Waals surface area contributed by atoms with Gasteiger partial charge in [0.2, 0.25) is 5.91 Å². The van der Waals surface area contributed by atoms with E-state index in [4.69, 9.17) is 4.74 Å². The van der Waals surface area contributed by atoms with Crippen LogP contribution in [0, 0.1) is 11.8 Å². The van der Waals surface area contributed by atoms with Crippen molar-refractivity contribution in [3.8, 4) is 5.75 Å². The van der Waals surface area contributed by atoms with Crippen molar-refractivity contribution in [3.63, 3.8) is 0 Å². The van der Waals surface area contributed by atoms with E-state index in [9.17, 15) is 4.79 Å². The highest BCUT2D eigenvalue weighted by molar-refractivity contribution is 6.03. The van der Waals surface area contributed by atoms with E-state index in [1.165, 1.54) is 32.1 Å². The maximum atomic E-state index is 12.8. The molecule has 0 unspecified atom stereocenters. The molecule has 0 atom stereocenters. The molecule has 140 valence electrons. The van der Waals surface area contributed by atoms with Crippen LogP contribution in [0.3, 0.4) is 0 Å². The number of anilines is 1. The Morgan fingerprint density at radius 2 is 2.00 bits per heavy atom. The molecule has 1 saturated carbocycles. The fourth-order valence-electron chi connectivity index (χ4n) is 3.97. The van der Waals surface area contributed by atoms with Gasteiger partial charge in [0.25, 0.3) is 0 Å². The summed E-state index contributed by atoms with van der Waals surface area (Å²) >= 11 is 0. The molecular formula is C22H30N2O2. The highest BCUT2D eigenvalue weighted by Crippen LogP contribution is 2.34. The monoisotopic (exact) mass is 354 g/mol. The lowest BCUT2D eigenvalue weighted by atomic mass is 9.79. The number of fused-ring (bicyclic) bond motifs is 1. The first-order chi connectivity index (χ1) is 12.7. The van der Waals surface area contributed by atoms with Gasteiger partial charge in [-0.2, -0.15) is 0 Å². The van der Waals surface area contributed by atoms with Gasteiger partial charge < -0.3 is 10.1 Å². The maximum absolute atomic E-state index is 12.8. The second kappa shape index (κ2) is 9.02. The lowest BCUT2D eigenvalue weighted by molar-refractivity contribution is -0.121. The normalized spacial score (nSPS) is 20.1. The SMILES string of the molecule is CCCCC1CCC(C(=O)Nc2ccc(OCC)c3ncccc23)CC1. The Kier molecular flexibility index (Phi) is 6.48. The largest absolute Gasteiger partial charge is 0.492 e. The Hall–Kier alpha value is -2.10. The van der Waals surface area contributed by atoms with Crippen molar-refractivity contribution in [2.75, 3.05) is 11.9 Å². The molecule has 3 rings (SSSR count). The van der Waals surface area contributed by atoms with Gasteiger partial charge in [-0.1, -0.05) is 26.2 Å². The number of nitrogens with zero attached hydrogens (tertiary/aromatic N) is 1. The summed E-state index contributed by atoms with van der Waals surface area (Å²) in [5.41, 5.74) is 1.63. The van der Waals surface area contributed by atoms with Crippen LogP contribution in [0.15, 0.2) is 30.5 Å². The van der Waals surface area contributed by atoms with E-state index < -0.39 is 0 Å². The third-order valence-electron chi connectivity index (χ3n) is 5.47. The topological polar surface area (TPSA) is 51.2 Å². The summed E-state index contributed by atoms with van der Waals surface area (Å²) in [5, 5.41) is 4.08. The van der Waals surface area contributed by atoms with Crippen LogP contribution in [0.4, 0.5) is 5.69 Å². The minimum Gasteiger partial charge on any atom is -0.492 e. The Morgan fingerprint density at radius 1 is 1.19 bits per heavy atom. The third kappa shape index (κ3) is 4.35. The van der Waals surface area contributed by atoms with Crippen LogP contribution >= 0.6 is 0 Å². The first-order valence-electron chi connectivity index (χ1n) is 10.0. The van der Waals surface area contributed by atoms with Crippen LogP contribution in [-0.2, 0) is 4.79 Å². The van der Waals surface area contributed by atoms with Gasteiger partial charge in [-0.3, -0.25) is 9.78 Å². The number of nitrogens with one attached hydrogen (secondary N) is 1. The first kappa shape index (κ1) is 18.7. The van der Waals surface area contributed by atoms with Crippen molar-refractivity contribution in [2.24, 2.45) is 11.8 Å². The molecule has 4 nitrogen and oxygen atoms in total. The molecule has 1 aromatic carbocycles. The summed E-state index contributed by atoms with van der Waals surface area (Å²) in [5.74, 6) is 1.85. The summed E-state index contributed by atoms with van der Waals surface area (Å²) in [4.78, 5) is 17.2. The molecule has 1 aliphatic carbocycles. The highest BCUT2D eigenvalue weighted by Gasteiger charge is 2.26. The summed E-state index contributed by atoms with van der Waals surface area (Å²) in [7, 11) is 0. The third-order valence-corrected chi connectivity index (χ3v) is 5.47. The molecule has 1 N–H and O–H groups in total. The van der Waals surface area contributed by atoms with Crippen LogP contribution in [0.1, 0.15) is 58.8 Å². The van der Waals surface area contributed by atoms with Crippen LogP contribution < -0.4 is 10.1 Å². The molecule has 1 aromatic heterocycles. The maximum Gasteiger partial charge on any atom is 0.227 e. The van der Waals surface area contributed by atoms with Crippen molar-refractivity contribution >= 4 is 22.5 Å². The van der Waals surface area contributed by atoms with Crippen LogP contribution in [0.25, 0.3) is 10.9 Å². The van der Waals surface area contributed by atoms with Crippen LogP contribution in [-0.4, -0.2) is 17.5 Å². The fraction of sp³-hybridized carbons (Fsp3) is 0.545. The van der Waals surface area contributed by atoms with Crippen LogP contribution in [0.2, 0.25) is 0 Å². The lowest BCUT2D eigenvalue weighted by Gasteiger charge is -2.27. The molecule has 26 heavy (non-hydrogen) atoms. The standard InChI is InChI=1S/C22H30N2O2/c1-3-5-7-16-9-11-17(12-10-16)22(25)24-19-13-14-20(26-4-2)21-18(19)8-6-15-23-21/h6,8,13-17H,3-5,7,9-12H2,1-2H3,(H,24,25). The summed E-state index contributed by atoms with van der Waals surface area (Å²) < 4.78 is 5.66. The van der Waals surface area contributed by atoms with E-state index >= 15 is 0 Å². The predicted octanol–water partition coefficient (Wildman–Crippen LogP) is 5.57. The van der Waals surface area contributed by atoms with Crippen LogP contribution in [0.5, 0.6) is 5.75 Å². The molecule has 0 radical (unpaired) electrons. The van der Waals surface area contributed by atoms with Crippen molar-refractivity contribution < 1.29 is 9.53 Å². The van der Waals surface area contributed by atoms with E-state index in [2.05, 4.69) is 17.2 Å². The molecule has 0 spiro atoms. The quantitative estimate of drug-likeness (QED) is 0.707. The van der Waals surface area contributed by atoms with E-state index in [-0.39, 0.29) is 11.8 Å². The molecule has 4 heteroatoms. The van der Waals surface area contributed by atoms with Gasteiger partial charge in [-0.15, -0.1) is 0 Å². The van der Waals surface area contributed by atoms with Gasteiger partial charge in [-0.25, -0.2) is 0 Å². The van der Waals surface area contributed by atoms with Crippen molar-refractivity contribution in [1.82, 2.24) is 4.98 Å². The van der Waals surface area contributed by atoms with Crippen molar-refractivity contribution in [1.29, 1.82) is 0 Å². The van der Waals surface area contributed by atoms with E-state index in [0.29, 0.717) is 6.61 Å². The van der Waals surface area contributed by atoms with E-state index in [1.54, 1.807) is 6.20 Å². The Bertz CT molecular complexity index is 736. The predicted molar refractivity (Wildman–Crippen MR) is 107 cm³/mol. The number of rotatable bonds is 7. The summed E-state index contributed by atoms with van der Waals surface area (Å²) in [6.07, 6.45) is 10.0. The number of amides is 1. The van der Waals surface area contributed by atoms with E-state index in [1.807, 2.05) is 31.2 Å². The second-order valence-electron chi connectivity index (χ2n) is 7.29. The fourth-order valence-corrected chi connectivity index (χ4v) is 3.97. The number of pyridine rings is 1. The number of aromatic nitrogens is 1. The Balaban J connectivity index is 1.68. The zero-order valence-electron chi connectivity index (χ0n) is 16.0. The Labute approximate surface area is 156 Å². The minimum atomic E-state index is 0.131. The summed E-state index contributed by atoms with van der Waals surface area (Å²) in [6.45, 7) is 4.80. The highest BCUT2D eigenvalue weighted by atomic mass is 16.5. The molecule has 1 amide bonds. The molecular weight excluding hydrogens is 324 g/mol. The zero-order chi connectivity index (χ0) is 18.4. The second-order valence-corrected chi connectivity index (χ2v) is 7.29. The first-order valence-corrected chi connectivity index (χ1v) is 10.0. The zero-order valence-corrected chi connectivity index (χ0v) is 16.0. The average molecular weight is 354 g/mol. The summed E-state index contributed by atoms with van der Waals surface area (Å²) in [6, 6.07) is 7.71. The van der Waals surface area contributed by atoms with Gasteiger partial charge in [0, 0.05) is 17.5 Å². The molecule has 1 fully saturated rings. The smallest absolute Gasteiger partial charge is 0.227 e. The molecule has 0 bridgehead atoms. The average Bonchev–Trinajstić information content (AvgIpc) is 2.68. The number of carbonyl (C=O) groups is 1.